The molecule has 1 saturated carbocycles. The van der Waals surface area contributed by atoms with Gasteiger partial charge in [-0.3, -0.25) is 0 Å². The lowest BCUT2D eigenvalue weighted by atomic mass is 10.00. The van der Waals surface area contributed by atoms with Crippen LogP contribution in [0.2, 0.25) is 5.02 Å². The van der Waals surface area contributed by atoms with E-state index in [1.54, 1.807) is 42.5 Å². The average molecular weight is 396 g/mol. The van der Waals surface area contributed by atoms with Gasteiger partial charge in [-0.1, -0.05) is 54.2 Å². The number of benzene rings is 2. The molecule has 0 aromatic heterocycles. The van der Waals surface area contributed by atoms with Gasteiger partial charge in [-0.2, -0.15) is 0 Å². The number of sulfone groups is 1. The van der Waals surface area contributed by atoms with Crippen LogP contribution in [0.5, 0.6) is 0 Å². The van der Waals surface area contributed by atoms with Crippen LogP contribution in [-0.2, 0) is 14.6 Å². The second-order valence-electron chi connectivity index (χ2n) is 6.15. The van der Waals surface area contributed by atoms with Crippen molar-refractivity contribution in [1.29, 1.82) is 0 Å². The maximum Gasteiger partial charge on any atom is 0.182 e. The van der Waals surface area contributed by atoms with Gasteiger partial charge in [0.15, 0.2) is 9.84 Å². The molecule has 1 aliphatic rings. The molecule has 3 atom stereocenters. The molecule has 0 unspecified atom stereocenters. The minimum atomic E-state index is -3.63. The molecule has 1 fully saturated rings. The molecule has 132 valence electrons. The number of thiocarbonyl (C=S) groups is 1. The van der Waals surface area contributed by atoms with Gasteiger partial charge < -0.3 is 10.5 Å². The highest BCUT2D eigenvalue weighted by Crippen LogP contribution is 2.64. The fraction of sp³-hybridized carbons (Fsp3) is 0.278. The number of ether oxygens (including phenoxy) is 1. The van der Waals surface area contributed by atoms with Crippen LogP contribution in [-0.4, -0.2) is 32.4 Å². The first kappa shape index (κ1) is 18.3. The van der Waals surface area contributed by atoms with Gasteiger partial charge in [-0.15, -0.1) is 0 Å². The number of methoxy groups -OCH3 is 1. The van der Waals surface area contributed by atoms with E-state index in [1.807, 2.05) is 12.1 Å². The maximum atomic E-state index is 13.2. The fourth-order valence-corrected chi connectivity index (χ4v) is 6.45. The summed E-state index contributed by atoms with van der Waals surface area (Å²) in [5, 5.41) is -0.180. The van der Waals surface area contributed by atoms with Gasteiger partial charge in [-0.25, -0.2) is 8.42 Å². The van der Waals surface area contributed by atoms with Crippen molar-refractivity contribution < 1.29 is 13.2 Å². The molecule has 25 heavy (non-hydrogen) atoms. The van der Waals surface area contributed by atoms with E-state index in [4.69, 9.17) is 34.3 Å². The van der Waals surface area contributed by atoms with E-state index < -0.39 is 20.5 Å². The van der Waals surface area contributed by atoms with Crippen LogP contribution in [0, 0.1) is 5.41 Å². The van der Waals surface area contributed by atoms with E-state index >= 15 is 0 Å². The molecule has 3 rings (SSSR count). The van der Waals surface area contributed by atoms with Crippen LogP contribution in [0.3, 0.4) is 0 Å². The van der Waals surface area contributed by atoms with Gasteiger partial charge in [0.25, 0.3) is 0 Å². The van der Waals surface area contributed by atoms with Crippen molar-refractivity contribution in [2.45, 2.75) is 16.1 Å². The molecule has 2 N–H and O–H groups in total. The van der Waals surface area contributed by atoms with Gasteiger partial charge in [0.2, 0.25) is 0 Å². The topological polar surface area (TPSA) is 69.4 Å². The number of hydrogen-bond donors (Lipinski definition) is 1. The molecule has 4 nitrogen and oxygen atoms in total. The van der Waals surface area contributed by atoms with Gasteiger partial charge in [0, 0.05) is 18.1 Å². The Hall–Kier alpha value is -1.47. The van der Waals surface area contributed by atoms with Gasteiger partial charge in [0.1, 0.15) is 0 Å². The van der Waals surface area contributed by atoms with Crippen LogP contribution in [0.1, 0.15) is 11.5 Å². The molecule has 0 aliphatic heterocycles. The minimum Gasteiger partial charge on any atom is -0.393 e. The smallest absolute Gasteiger partial charge is 0.182 e. The molecule has 0 heterocycles. The van der Waals surface area contributed by atoms with E-state index in [0.717, 1.165) is 5.56 Å². The molecule has 0 spiro atoms. The molecular weight excluding hydrogens is 378 g/mol. The third-order valence-corrected chi connectivity index (χ3v) is 7.66. The molecule has 2 aromatic carbocycles. The van der Waals surface area contributed by atoms with Crippen LogP contribution < -0.4 is 5.73 Å². The fourth-order valence-electron chi connectivity index (χ4n) is 3.54. The van der Waals surface area contributed by atoms with Crippen LogP contribution >= 0.6 is 23.8 Å². The summed E-state index contributed by atoms with van der Waals surface area (Å²) in [6, 6.07) is 15.5. The van der Waals surface area contributed by atoms with Crippen molar-refractivity contribution in [3.63, 3.8) is 0 Å². The van der Waals surface area contributed by atoms with E-state index in [2.05, 4.69) is 0 Å². The molecule has 0 saturated heterocycles. The summed E-state index contributed by atoms with van der Waals surface area (Å²) in [7, 11) is -2.11. The molecule has 2 aromatic rings. The molecule has 0 bridgehead atoms. The van der Waals surface area contributed by atoms with Gasteiger partial charge >= 0.3 is 0 Å². The van der Waals surface area contributed by atoms with Crippen LogP contribution in [0.15, 0.2) is 59.5 Å². The van der Waals surface area contributed by atoms with E-state index in [9.17, 15) is 8.42 Å². The Balaban J connectivity index is 2.12. The van der Waals surface area contributed by atoms with Gasteiger partial charge in [-0.05, 0) is 29.8 Å². The zero-order valence-corrected chi connectivity index (χ0v) is 15.9. The highest BCUT2D eigenvalue weighted by Gasteiger charge is 2.73. The van der Waals surface area contributed by atoms with Crippen molar-refractivity contribution in [3.8, 4) is 0 Å². The van der Waals surface area contributed by atoms with Gasteiger partial charge in [0.05, 0.1) is 27.2 Å². The lowest BCUT2D eigenvalue weighted by Crippen LogP contribution is -2.33. The molecule has 1 aliphatic carbocycles. The Labute approximate surface area is 157 Å². The summed E-state index contributed by atoms with van der Waals surface area (Å²) in [6.07, 6.45) is 0. The summed E-state index contributed by atoms with van der Waals surface area (Å²) in [5.74, 6) is -0.368. The molecule has 7 heteroatoms. The van der Waals surface area contributed by atoms with E-state index in [-0.39, 0.29) is 22.4 Å². The quantitative estimate of drug-likeness (QED) is 0.760. The Kier molecular flexibility index (Phi) is 4.90. The highest BCUT2D eigenvalue weighted by atomic mass is 35.5. The normalized spacial score (nSPS) is 25.5. The lowest BCUT2D eigenvalue weighted by Gasteiger charge is -2.16. The summed E-state index contributed by atoms with van der Waals surface area (Å²) in [5.41, 5.74) is 5.91. The molecule has 0 amide bonds. The van der Waals surface area contributed by atoms with Crippen molar-refractivity contribution in [2.75, 3.05) is 13.7 Å². The predicted octanol–water partition coefficient (Wildman–Crippen LogP) is 3.20. The number of nitrogens with two attached hydrogens (primary N) is 1. The number of rotatable bonds is 6. The number of halogens is 1. The average Bonchev–Trinajstić information content (AvgIpc) is 3.28. The Morgan fingerprint density at radius 3 is 2.32 bits per heavy atom. The van der Waals surface area contributed by atoms with Crippen LogP contribution in [0.25, 0.3) is 0 Å². The predicted molar refractivity (Wildman–Crippen MR) is 103 cm³/mol. The molecular formula is C18H18ClNO3S2. The monoisotopic (exact) mass is 395 g/mol. The number of hydrogen-bond acceptors (Lipinski definition) is 4. The van der Waals surface area contributed by atoms with E-state index in [1.165, 1.54) is 7.11 Å². The van der Waals surface area contributed by atoms with Crippen molar-refractivity contribution in [2.24, 2.45) is 11.1 Å². The lowest BCUT2D eigenvalue weighted by molar-refractivity contribution is 0.166. The van der Waals surface area contributed by atoms with Crippen LogP contribution in [0.4, 0.5) is 0 Å². The first-order chi connectivity index (χ1) is 11.9. The Morgan fingerprint density at radius 2 is 1.80 bits per heavy atom. The van der Waals surface area contributed by atoms with E-state index in [0.29, 0.717) is 5.02 Å². The molecule has 0 radical (unpaired) electrons. The second-order valence-corrected chi connectivity index (χ2v) is 9.09. The van der Waals surface area contributed by atoms with Crippen molar-refractivity contribution >= 4 is 38.6 Å². The summed E-state index contributed by atoms with van der Waals surface area (Å²) in [4.78, 5) is 0.409. The summed E-state index contributed by atoms with van der Waals surface area (Å²) in [6.45, 7) is 0.145. The Bertz CT molecular complexity index is 884. The standard InChI is InChI=1S/C18H18ClNO3S2/c1-23-11-18(17(20)24)15(12-7-9-13(19)10-8-12)16(18)25(21,22)14-5-3-2-4-6-14/h2-10,15-16H,11H2,1H3,(H2,20,24)/t15-,16-,18+/m0/s1. The summed E-state index contributed by atoms with van der Waals surface area (Å²) >= 11 is 11.2. The second kappa shape index (κ2) is 6.68. The minimum absolute atomic E-state index is 0.145. The third kappa shape index (κ3) is 2.97. The zero-order valence-electron chi connectivity index (χ0n) is 13.6. The first-order valence-corrected chi connectivity index (χ1v) is 10.0. The zero-order chi connectivity index (χ0) is 18.2. The highest BCUT2D eigenvalue weighted by molar-refractivity contribution is 7.92. The summed E-state index contributed by atoms with van der Waals surface area (Å²) < 4.78 is 31.8. The first-order valence-electron chi connectivity index (χ1n) is 7.69. The maximum absolute atomic E-state index is 13.2. The Morgan fingerprint density at radius 1 is 1.20 bits per heavy atom. The third-order valence-electron chi connectivity index (χ3n) is 4.73. The largest absolute Gasteiger partial charge is 0.393 e. The van der Waals surface area contributed by atoms with Crippen molar-refractivity contribution in [1.82, 2.24) is 0 Å². The van der Waals surface area contributed by atoms with Crippen molar-refractivity contribution in [3.05, 3.63) is 65.2 Å². The SMILES string of the molecule is COC[C@@]1(C(N)=S)[C@@H](c2ccc(Cl)cc2)[C@@H]1S(=O)(=O)c1ccccc1.